The third-order valence-electron chi connectivity index (χ3n) is 5.10. The van der Waals surface area contributed by atoms with Crippen LogP contribution in [0.25, 0.3) is 0 Å². The van der Waals surface area contributed by atoms with Crippen LogP contribution in [0.3, 0.4) is 0 Å². The lowest BCUT2D eigenvalue weighted by atomic mass is 10.2. The minimum Gasteiger partial charge on any atom is -0.497 e. The van der Waals surface area contributed by atoms with E-state index in [9.17, 15) is 0 Å². The normalized spacial score (nSPS) is 14.1. The van der Waals surface area contributed by atoms with Gasteiger partial charge >= 0.3 is 0 Å². The second-order valence-electron chi connectivity index (χ2n) is 6.87. The minimum atomic E-state index is 0.817. The van der Waals surface area contributed by atoms with E-state index in [2.05, 4.69) is 56.3 Å². The molecule has 2 heterocycles. The fraction of sp³-hybridized carbons (Fsp3) is 0.273. The predicted octanol–water partition coefficient (Wildman–Crippen LogP) is 3.86. The number of ether oxygens (including phenoxy) is 1. The van der Waals surface area contributed by atoms with E-state index >= 15 is 0 Å². The van der Waals surface area contributed by atoms with Crippen LogP contribution < -0.4 is 19.9 Å². The Bertz CT molecular complexity index is 920. The Kier molecular flexibility index (Phi) is 5.28. The van der Waals surface area contributed by atoms with E-state index in [0.717, 1.165) is 49.3 Å². The quantitative estimate of drug-likeness (QED) is 0.731. The molecular weight excluding hydrogens is 350 g/mol. The molecule has 28 heavy (non-hydrogen) atoms. The summed E-state index contributed by atoms with van der Waals surface area (Å²) in [6.07, 6.45) is 1.63. The van der Waals surface area contributed by atoms with Crippen LogP contribution in [0.4, 0.5) is 23.0 Å². The highest BCUT2D eigenvalue weighted by Gasteiger charge is 2.19. The monoisotopic (exact) mass is 375 g/mol. The molecule has 1 N–H and O–H groups in total. The van der Waals surface area contributed by atoms with Crippen LogP contribution in [0.2, 0.25) is 0 Å². The van der Waals surface area contributed by atoms with Crippen LogP contribution in [-0.2, 0) is 0 Å². The summed E-state index contributed by atoms with van der Waals surface area (Å²) in [5, 5.41) is 3.40. The van der Waals surface area contributed by atoms with Crippen LogP contribution in [-0.4, -0.2) is 43.3 Å². The van der Waals surface area contributed by atoms with Gasteiger partial charge in [-0.3, -0.25) is 0 Å². The maximum atomic E-state index is 5.25. The van der Waals surface area contributed by atoms with Crippen molar-refractivity contribution in [2.45, 2.75) is 6.92 Å². The summed E-state index contributed by atoms with van der Waals surface area (Å²) in [5.41, 5.74) is 3.48. The zero-order valence-electron chi connectivity index (χ0n) is 16.3. The van der Waals surface area contributed by atoms with E-state index in [1.54, 1.807) is 13.4 Å². The van der Waals surface area contributed by atoms with Gasteiger partial charge in [-0.15, -0.1) is 0 Å². The maximum Gasteiger partial charge on any atom is 0.135 e. The molecule has 2 aromatic carbocycles. The lowest BCUT2D eigenvalue weighted by molar-refractivity contribution is 0.415. The first-order valence-electron chi connectivity index (χ1n) is 9.51. The number of aromatic nitrogens is 2. The van der Waals surface area contributed by atoms with Crippen LogP contribution in [0, 0.1) is 6.92 Å². The number of aryl methyl sites for hydroxylation is 1. The van der Waals surface area contributed by atoms with Crippen molar-refractivity contribution in [3.63, 3.8) is 0 Å². The summed E-state index contributed by atoms with van der Waals surface area (Å²) in [7, 11) is 1.69. The standard InChI is InChI=1S/C22H25N5O/c1-17-5-3-4-6-20(17)25-21-15-22(24-16-23-21)27-13-11-26(12-14-27)18-7-9-19(28-2)10-8-18/h3-10,15-16H,11-14H2,1-2H3,(H,23,24,25). The van der Waals surface area contributed by atoms with Crippen molar-refractivity contribution < 1.29 is 4.74 Å². The number of hydrogen-bond donors (Lipinski definition) is 1. The van der Waals surface area contributed by atoms with E-state index in [4.69, 9.17) is 4.74 Å². The first-order valence-corrected chi connectivity index (χ1v) is 9.51. The topological polar surface area (TPSA) is 53.5 Å². The molecule has 6 heteroatoms. The zero-order chi connectivity index (χ0) is 19.3. The van der Waals surface area contributed by atoms with E-state index in [-0.39, 0.29) is 0 Å². The SMILES string of the molecule is COc1ccc(N2CCN(c3cc(Nc4ccccc4C)ncn3)CC2)cc1. The molecule has 1 aliphatic rings. The van der Waals surface area contributed by atoms with Crippen molar-refractivity contribution in [2.75, 3.05) is 48.4 Å². The molecule has 0 bridgehead atoms. The van der Waals surface area contributed by atoms with Crippen LogP contribution in [0.1, 0.15) is 5.56 Å². The molecule has 0 atom stereocenters. The molecule has 0 amide bonds. The van der Waals surface area contributed by atoms with E-state index in [1.807, 2.05) is 30.3 Å². The summed E-state index contributed by atoms with van der Waals surface area (Å²) in [5.74, 6) is 2.66. The number of anilines is 4. The Balaban J connectivity index is 1.41. The molecule has 1 aromatic heterocycles. The van der Waals surface area contributed by atoms with Gasteiger partial charge in [0.1, 0.15) is 23.7 Å². The number of nitrogens with zero attached hydrogens (tertiary/aromatic N) is 4. The van der Waals surface area contributed by atoms with Crippen molar-refractivity contribution in [1.82, 2.24) is 9.97 Å². The molecule has 0 aliphatic carbocycles. The fourth-order valence-corrected chi connectivity index (χ4v) is 3.43. The smallest absolute Gasteiger partial charge is 0.135 e. The molecule has 0 spiro atoms. The Morgan fingerprint density at radius 1 is 0.893 bits per heavy atom. The van der Waals surface area contributed by atoms with Gasteiger partial charge in [0.2, 0.25) is 0 Å². The number of nitrogens with one attached hydrogen (secondary N) is 1. The van der Waals surface area contributed by atoms with Gasteiger partial charge in [0.25, 0.3) is 0 Å². The summed E-state index contributed by atoms with van der Waals surface area (Å²) < 4.78 is 5.25. The Labute approximate surface area is 165 Å². The lowest BCUT2D eigenvalue weighted by Crippen LogP contribution is -2.46. The van der Waals surface area contributed by atoms with Gasteiger partial charge in [0.15, 0.2) is 0 Å². The Morgan fingerprint density at radius 2 is 1.61 bits per heavy atom. The van der Waals surface area contributed by atoms with Crippen LogP contribution >= 0.6 is 0 Å². The molecule has 3 aromatic rings. The van der Waals surface area contributed by atoms with Gasteiger partial charge < -0.3 is 19.9 Å². The van der Waals surface area contributed by atoms with Gasteiger partial charge in [0.05, 0.1) is 7.11 Å². The number of para-hydroxylation sites is 1. The molecule has 1 aliphatic heterocycles. The summed E-state index contributed by atoms with van der Waals surface area (Å²) in [4.78, 5) is 13.6. The van der Waals surface area contributed by atoms with Crippen molar-refractivity contribution in [1.29, 1.82) is 0 Å². The highest BCUT2D eigenvalue weighted by atomic mass is 16.5. The maximum absolute atomic E-state index is 5.25. The third kappa shape index (κ3) is 4.01. The molecule has 0 radical (unpaired) electrons. The van der Waals surface area contributed by atoms with E-state index in [0.29, 0.717) is 0 Å². The van der Waals surface area contributed by atoms with Gasteiger partial charge in [-0.25, -0.2) is 9.97 Å². The minimum absolute atomic E-state index is 0.817. The summed E-state index contributed by atoms with van der Waals surface area (Å²) in [6, 6.07) is 18.5. The van der Waals surface area contributed by atoms with Gasteiger partial charge in [-0.2, -0.15) is 0 Å². The van der Waals surface area contributed by atoms with Gasteiger partial charge in [-0.1, -0.05) is 18.2 Å². The first kappa shape index (κ1) is 18.1. The Hall–Kier alpha value is -3.28. The second kappa shape index (κ2) is 8.17. The molecule has 4 rings (SSSR count). The average molecular weight is 375 g/mol. The molecule has 0 saturated carbocycles. The fourth-order valence-electron chi connectivity index (χ4n) is 3.43. The average Bonchev–Trinajstić information content (AvgIpc) is 2.76. The highest BCUT2D eigenvalue weighted by Crippen LogP contribution is 2.24. The van der Waals surface area contributed by atoms with Crippen molar-refractivity contribution in [2.24, 2.45) is 0 Å². The molecule has 1 saturated heterocycles. The Morgan fingerprint density at radius 3 is 2.32 bits per heavy atom. The van der Waals surface area contributed by atoms with Crippen molar-refractivity contribution >= 4 is 23.0 Å². The largest absolute Gasteiger partial charge is 0.497 e. The number of piperazine rings is 1. The molecule has 0 unspecified atom stereocenters. The zero-order valence-corrected chi connectivity index (χ0v) is 16.3. The van der Waals surface area contributed by atoms with E-state index in [1.165, 1.54) is 11.3 Å². The molecule has 1 fully saturated rings. The number of hydrogen-bond acceptors (Lipinski definition) is 6. The lowest BCUT2D eigenvalue weighted by Gasteiger charge is -2.36. The first-order chi connectivity index (χ1) is 13.7. The number of benzene rings is 2. The third-order valence-corrected chi connectivity index (χ3v) is 5.10. The highest BCUT2D eigenvalue weighted by molar-refractivity contribution is 5.62. The number of rotatable bonds is 5. The second-order valence-corrected chi connectivity index (χ2v) is 6.87. The summed E-state index contributed by atoms with van der Waals surface area (Å²) >= 11 is 0. The molecular formula is C22H25N5O. The molecule has 6 nitrogen and oxygen atoms in total. The van der Waals surface area contributed by atoms with Gasteiger partial charge in [0, 0.05) is 43.6 Å². The van der Waals surface area contributed by atoms with Gasteiger partial charge in [-0.05, 0) is 42.8 Å². The summed E-state index contributed by atoms with van der Waals surface area (Å²) in [6.45, 7) is 5.84. The van der Waals surface area contributed by atoms with Crippen molar-refractivity contribution in [3.05, 3.63) is 66.5 Å². The van der Waals surface area contributed by atoms with Crippen LogP contribution in [0.15, 0.2) is 60.9 Å². The number of methoxy groups -OCH3 is 1. The van der Waals surface area contributed by atoms with Crippen LogP contribution in [0.5, 0.6) is 5.75 Å². The van der Waals surface area contributed by atoms with E-state index < -0.39 is 0 Å². The predicted molar refractivity (Wildman–Crippen MR) is 114 cm³/mol. The molecule has 144 valence electrons. The van der Waals surface area contributed by atoms with Crippen molar-refractivity contribution in [3.8, 4) is 5.75 Å².